The van der Waals surface area contributed by atoms with Crippen molar-refractivity contribution in [3.8, 4) is 0 Å². The maximum Gasteiger partial charge on any atom is 0.471 e. The highest BCUT2D eigenvalue weighted by Gasteiger charge is 2.38. The van der Waals surface area contributed by atoms with Crippen molar-refractivity contribution in [2.24, 2.45) is 5.14 Å². The number of primary sulfonamides is 1. The summed E-state index contributed by atoms with van der Waals surface area (Å²) in [5.41, 5.74) is 0. The number of carbonyl (C=O) groups excluding carboxylic acids is 1. The number of nitrogens with two attached hydrogens (primary N) is 1. The molecule has 13 heavy (non-hydrogen) atoms. The lowest BCUT2D eigenvalue weighted by atomic mass is 10.5. The van der Waals surface area contributed by atoms with E-state index in [1.165, 1.54) is 5.32 Å². The summed E-state index contributed by atoms with van der Waals surface area (Å²) < 4.78 is 54.8. The Kier molecular flexibility index (Phi) is 3.67. The van der Waals surface area contributed by atoms with Gasteiger partial charge >= 0.3 is 12.1 Å². The molecule has 0 aliphatic heterocycles. The minimum absolute atomic E-state index is 0.656. The minimum atomic E-state index is -5.00. The lowest BCUT2D eigenvalue weighted by molar-refractivity contribution is -0.173. The Morgan fingerprint density at radius 1 is 1.38 bits per heavy atom. The maximum absolute atomic E-state index is 11.5. The fourth-order valence-corrected chi connectivity index (χ4v) is 0.794. The normalized spacial score (nSPS) is 12.6. The summed E-state index contributed by atoms with van der Waals surface area (Å²) in [5, 5.41) is 5.83. The molecule has 0 atom stereocenters. The fourth-order valence-electron chi connectivity index (χ4n) is 0.407. The Hall–Kier alpha value is -0.830. The largest absolute Gasteiger partial charge is 0.471 e. The van der Waals surface area contributed by atoms with Crippen LogP contribution < -0.4 is 10.5 Å². The molecule has 0 aromatic carbocycles. The summed E-state index contributed by atoms with van der Waals surface area (Å²) in [6.07, 6.45) is -5.00. The summed E-state index contributed by atoms with van der Waals surface area (Å²) >= 11 is 0. The number of rotatable bonds is 3. The van der Waals surface area contributed by atoms with Crippen molar-refractivity contribution in [2.45, 2.75) is 6.18 Å². The van der Waals surface area contributed by atoms with E-state index in [0.717, 1.165) is 0 Å². The zero-order valence-electron chi connectivity index (χ0n) is 6.26. The topological polar surface area (TPSA) is 89.3 Å². The van der Waals surface area contributed by atoms with Gasteiger partial charge in [0.25, 0.3) is 0 Å². The number of nitrogens with one attached hydrogen (secondary N) is 1. The van der Waals surface area contributed by atoms with Gasteiger partial charge in [-0.3, -0.25) is 4.79 Å². The number of halogens is 3. The van der Waals surface area contributed by atoms with Crippen LogP contribution in [0.2, 0.25) is 0 Å². The van der Waals surface area contributed by atoms with Crippen LogP contribution in [0.25, 0.3) is 0 Å². The van der Waals surface area contributed by atoms with Crippen LogP contribution in [0.4, 0.5) is 13.2 Å². The van der Waals surface area contributed by atoms with Crippen molar-refractivity contribution < 1.29 is 26.4 Å². The Morgan fingerprint density at radius 2 is 1.85 bits per heavy atom. The molecule has 1 amide bonds. The van der Waals surface area contributed by atoms with Gasteiger partial charge in [-0.2, -0.15) is 13.2 Å². The second-order valence-electron chi connectivity index (χ2n) is 2.12. The molecule has 0 heterocycles. The first-order chi connectivity index (χ1) is 5.63. The Bertz CT molecular complexity index is 283. The standard InChI is InChI=1S/C4H7F3N2O3S/c5-4(6,7)3(10)9-1-2-13(8,11)12/h1-2H2,(H,9,10)(H2,8,11,12). The third-order valence-electron chi connectivity index (χ3n) is 0.930. The van der Waals surface area contributed by atoms with Gasteiger partial charge in [-0.15, -0.1) is 0 Å². The number of hydrogen-bond donors (Lipinski definition) is 2. The number of amides is 1. The minimum Gasteiger partial charge on any atom is -0.347 e. The highest BCUT2D eigenvalue weighted by molar-refractivity contribution is 7.89. The van der Waals surface area contributed by atoms with Gasteiger partial charge in [0, 0.05) is 6.54 Å². The van der Waals surface area contributed by atoms with E-state index in [1.54, 1.807) is 0 Å². The smallest absolute Gasteiger partial charge is 0.347 e. The van der Waals surface area contributed by atoms with Crippen molar-refractivity contribution >= 4 is 15.9 Å². The molecule has 0 aliphatic carbocycles. The molecule has 0 aliphatic rings. The van der Waals surface area contributed by atoms with E-state index in [1.807, 2.05) is 0 Å². The highest BCUT2D eigenvalue weighted by Crippen LogP contribution is 2.13. The third kappa shape index (κ3) is 6.34. The first-order valence-electron chi connectivity index (χ1n) is 2.98. The number of sulfonamides is 1. The van der Waals surface area contributed by atoms with E-state index in [0.29, 0.717) is 0 Å². The summed E-state index contributed by atoms with van der Waals surface area (Å²) in [4.78, 5) is 10.1. The van der Waals surface area contributed by atoms with Gasteiger partial charge < -0.3 is 5.32 Å². The van der Waals surface area contributed by atoms with Gasteiger partial charge in [0.2, 0.25) is 10.0 Å². The van der Waals surface area contributed by atoms with Crippen LogP contribution in [0, 0.1) is 0 Å². The lowest BCUT2D eigenvalue weighted by Crippen LogP contribution is -2.39. The maximum atomic E-state index is 11.5. The van der Waals surface area contributed by atoms with Gasteiger partial charge in [-0.05, 0) is 0 Å². The molecular formula is C4H7F3N2O3S. The van der Waals surface area contributed by atoms with E-state index in [-0.39, 0.29) is 0 Å². The number of hydrogen-bond acceptors (Lipinski definition) is 3. The third-order valence-corrected chi connectivity index (χ3v) is 1.70. The Labute approximate surface area is 72.1 Å². The van der Waals surface area contributed by atoms with Crippen molar-refractivity contribution in [3.63, 3.8) is 0 Å². The SMILES string of the molecule is NS(=O)(=O)CCNC(=O)C(F)(F)F. The van der Waals surface area contributed by atoms with Crippen molar-refractivity contribution in [1.29, 1.82) is 0 Å². The summed E-state index contributed by atoms with van der Waals surface area (Å²) in [6.45, 7) is -0.656. The van der Waals surface area contributed by atoms with E-state index in [2.05, 4.69) is 5.14 Å². The molecule has 0 aromatic heterocycles. The van der Waals surface area contributed by atoms with Crippen molar-refractivity contribution in [2.75, 3.05) is 12.3 Å². The molecule has 0 unspecified atom stereocenters. The first kappa shape index (κ1) is 12.2. The molecule has 0 bridgehead atoms. The summed E-state index contributed by atoms with van der Waals surface area (Å²) in [6, 6.07) is 0. The number of carbonyl (C=O) groups is 1. The first-order valence-corrected chi connectivity index (χ1v) is 4.70. The van der Waals surface area contributed by atoms with Gasteiger partial charge in [-0.1, -0.05) is 0 Å². The monoisotopic (exact) mass is 220 g/mol. The van der Waals surface area contributed by atoms with E-state index in [4.69, 9.17) is 0 Å². The van der Waals surface area contributed by atoms with Crippen LogP contribution in [0.15, 0.2) is 0 Å². The van der Waals surface area contributed by atoms with Gasteiger partial charge in [0.15, 0.2) is 0 Å². The zero-order valence-corrected chi connectivity index (χ0v) is 7.07. The fraction of sp³-hybridized carbons (Fsp3) is 0.750. The average Bonchev–Trinajstić information content (AvgIpc) is 1.82. The molecule has 9 heteroatoms. The van der Waals surface area contributed by atoms with Crippen LogP contribution >= 0.6 is 0 Å². The van der Waals surface area contributed by atoms with Crippen LogP contribution in [-0.2, 0) is 14.8 Å². The zero-order chi connectivity index (χ0) is 10.7. The van der Waals surface area contributed by atoms with E-state index in [9.17, 15) is 26.4 Å². The second kappa shape index (κ2) is 3.92. The molecule has 0 radical (unpaired) electrons. The van der Waals surface area contributed by atoms with Crippen LogP contribution in [-0.4, -0.2) is 32.8 Å². The molecular weight excluding hydrogens is 213 g/mol. The summed E-state index contributed by atoms with van der Waals surface area (Å²) in [5.74, 6) is -2.91. The molecule has 0 fully saturated rings. The lowest BCUT2D eigenvalue weighted by Gasteiger charge is -2.06. The molecule has 3 N–H and O–H groups in total. The molecule has 78 valence electrons. The molecule has 5 nitrogen and oxygen atoms in total. The molecule has 0 saturated heterocycles. The van der Waals surface area contributed by atoms with Gasteiger partial charge in [0.1, 0.15) is 0 Å². The molecule has 0 saturated carbocycles. The Morgan fingerprint density at radius 3 is 2.15 bits per heavy atom. The van der Waals surface area contributed by atoms with Crippen molar-refractivity contribution in [1.82, 2.24) is 5.32 Å². The Balaban J connectivity index is 3.87. The molecule has 0 spiro atoms. The highest BCUT2D eigenvalue weighted by atomic mass is 32.2. The molecule has 0 rings (SSSR count). The number of alkyl halides is 3. The molecule has 0 aromatic rings. The quantitative estimate of drug-likeness (QED) is 0.636. The second-order valence-corrected chi connectivity index (χ2v) is 3.85. The van der Waals surface area contributed by atoms with Gasteiger partial charge in [0.05, 0.1) is 5.75 Å². The predicted octanol–water partition coefficient (Wildman–Crippen LogP) is -1.05. The van der Waals surface area contributed by atoms with Crippen molar-refractivity contribution in [3.05, 3.63) is 0 Å². The summed E-state index contributed by atoms with van der Waals surface area (Å²) in [7, 11) is -3.85. The van der Waals surface area contributed by atoms with Crippen LogP contribution in [0.1, 0.15) is 0 Å². The van der Waals surface area contributed by atoms with Crippen LogP contribution in [0.3, 0.4) is 0 Å². The average molecular weight is 220 g/mol. The van der Waals surface area contributed by atoms with E-state index >= 15 is 0 Å². The van der Waals surface area contributed by atoms with Crippen LogP contribution in [0.5, 0.6) is 0 Å². The van der Waals surface area contributed by atoms with Gasteiger partial charge in [-0.25, -0.2) is 13.6 Å². The predicted molar refractivity (Wildman–Crippen MR) is 37.0 cm³/mol. The van der Waals surface area contributed by atoms with E-state index < -0.39 is 34.4 Å².